The average molecular weight is 347 g/mol. The number of carbonyl (C=O) groups is 1. The van der Waals surface area contributed by atoms with Gasteiger partial charge in [-0.25, -0.2) is 0 Å². The molecule has 0 fully saturated rings. The van der Waals surface area contributed by atoms with Gasteiger partial charge in [-0.15, -0.1) is 12.4 Å². The fourth-order valence-electron chi connectivity index (χ4n) is 2.54. The zero-order chi connectivity index (χ0) is 16.7. The monoisotopic (exact) mass is 346 g/mol. The van der Waals surface area contributed by atoms with Gasteiger partial charge in [0.25, 0.3) is 0 Å². The van der Waals surface area contributed by atoms with Crippen LogP contribution in [-0.4, -0.2) is 12.5 Å². The van der Waals surface area contributed by atoms with E-state index in [0.29, 0.717) is 18.9 Å². The Labute approximate surface area is 151 Å². The molecular formula is C20H27ClN2O. The van der Waals surface area contributed by atoms with E-state index in [0.717, 1.165) is 24.1 Å². The fraction of sp³-hybridized carbons (Fsp3) is 0.350. The van der Waals surface area contributed by atoms with Crippen LogP contribution in [0.5, 0.6) is 0 Å². The lowest BCUT2D eigenvalue weighted by atomic mass is 10.0. The highest BCUT2D eigenvalue weighted by Gasteiger charge is 2.04. The van der Waals surface area contributed by atoms with Crippen LogP contribution in [0.25, 0.3) is 0 Å². The van der Waals surface area contributed by atoms with E-state index < -0.39 is 0 Å². The van der Waals surface area contributed by atoms with Crippen molar-refractivity contribution < 1.29 is 4.79 Å². The molecular weight excluding hydrogens is 320 g/mol. The van der Waals surface area contributed by atoms with E-state index in [1.54, 1.807) is 0 Å². The average Bonchev–Trinajstić information content (AvgIpc) is 2.51. The molecule has 0 aliphatic carbocycles. The van der Waals surface area contributed by atoms with E-state index in [2.05, 4.69) is 43.4 Å². The van der Waals surface area contributed by atoms with Crippen molar-refractivity contribution in [2.24, 2.45) is 5.92 Å². The second-order valence-corrected chi connectivity index (χ2v) is 6.43. The summed E-state index contributed by atoms with van der Waals surface area (Å²) in [5, 5.41) is 2.97. The van der Waals surface area contributed by atoms with Crippen molar-refractivity contribution in [2.45, 2.75) is 33.1 Å². The number of carbonyl (C=O) groups excluding carboxylic acids is 1. The Bertz CT molecular complexity index is 621. The lowest BCUT2D eigenvalue weighted by Gasteiger charge is -2.08. The molecule has 0 aromatic heterocycles. The largest absolute Gasteiger partial charge is 0.399 e. The van der Waals surface area contributed by atoms with Crippen LogP contribution >= 0.6 is 12.4 Å². The molecule has 4 heteroatoms. The predicted molar refractivity (Wildman–Crippen MR) is 104 cm³/mol. The van der Waals surface area contributed by atoms with Gasteiger partial charge in [0.15, 0.2) is 0 Å². The molecule has 0 unspecified atom stereocenters. The Hall–Kier alpha value is -2.00. The molecule has 0 atom stereocenters. The van der Waals surface area contributed by atoms with Crippen LogP contribution in [0.15, 0.2) is 48.5 Å². The standard InChI is InChI=1S/C20H26N2O.ClH/c1-15(2)13-17-3-5-18(6-4-17)14-20(23)22-12-11-16-7-9-19(21)10-8-16;/h3-10,15H,11-14,21H2,1-2H3,(H,22,23);1H. The maximum absolute atomic E-state index is 12.0. The van der Waals surface area contributed by atoms with Crippen molar-refractivity contribution in [1.29, 1.82) is 0 Å². The molecule has 130 valence electrons. The normalized spacial score (nSPS) is 10.3. The van der Waals surface area contributed by atoms with Crippen LogP contribution < -0.4 is 11.1 Å². The second kappa shape index (κ2) is 9.99. The van der Waals surface area contributed by atoms with Crippen molar-refractivity contribution in [3.63, 3.8) is 0 Å². The minimum Gasteiger partial charge on any atom is -0.399 e. The van der Waals surface area contributed by atoms with Crippen LogP contribution in [0.3, 0.4) is 0 Å². The highest BCUT2D eigenvalue weighted by molar-refractivity contribution is 5.85. The quantitative estimate of drug-likeness (QED) is 0.749. The van der Waals surface area contributed by atoms with E-state index in [1.165, 1.54) is 11.1 Å². The Morgan fingerprint density at radius 2 is 1.50 bits per heavy atom. The lowest BCUT2D eigenvalue weighted by Crippen LogP contribution is -2.27. The van der Waals surface area contributed by atoms with Gasteiger partial charge in [-0.2, -0.15) is 0 Å². The molecule has 0 aliphatic rings. The van der Waals surface area contributed by atoms with Gasteiger partial charge in [-0.3, -0.25) is 4.79 Å². The molecule has 0 saturated heterocycles. The summed E-state index contributed by atoms with van der Waals surface area (Å²) in [5.74, 6) is 0.717. The summed E-state index contributed by atoms with van der Waals surface area (Å²) in [7, 11) is 0. The first-order chi connectivity index (χ1) is 11.0. The first-order valence-electron chi connectivity index (χ1n) is 8.22. The fourth-order valence-corrected chi connectivity index (χ4v) is 2.54. The summed E-state index contributed by atoms with van der Waals surface area (Å²) in [4.78, 5) is 12.0. The number of nitrogens with two attached hydrogens (primary N) is 1. The van der Waals surface area contributed by atoms with Crippen molar-refractivity contribution in [1.82, 2.24) is 5.32 Å². The Morgan fingerprint density at radius 3 is 2.08 bits per heavy atom. The van der Waals surface area contributed by atoms with Gasteiger partial charge in [0.05, 0.1) is 6.42 Å². The third-order valence-corrected chi connectivity index (χ3v) is 3.75. The zero-order valence-electron chi connectivity index (χ0n) is 14.4. The number of amides is 1. The van der Waals surface area contributed by atoms with Gasteiger partial charge < -0.3 is 11.1 Å². The van der Waals surface area contributed by atoms with Gasteiger partial charge in [-0.1, -0.05) is 50.2 Å². The van der Waals surface area contributed by atoms with Crippen LogP contribution in [0, 0.1) is 5.92 Å². The summed E-state index contributed by atoms with van der Waals surface area (Å²) < 4.78 is 0. The number of nitrogens with one attached hydrogen (secondary N) is 1. The molecule has 3 N–H and O–H groups in total. The second-order valence-electron chi connectivity index (χ2n) is 6.43. The number of halogens is 1. The van der Waals surface area contributed by atoms with E-state index in [9.17, 15) is 4.79 Å². The van der Waals surface area contributed by atoms with E-state index in [-0.39, 0.29) is 18.3 Å². The SMILES string of the molecule is CC(C)Cc1ccc(CC(=O)NCCc2ccc(N)cc2)cc1.Cl. The summed E-state index contributed by atoms with van der Waals surface area (Å²) >= 11 is 0. The van der Waals surface area contributed by atoms with Crippen LogP contribution in [-0.2, 0) is 24.1 Å². The smallest absolute Gasteiger partial charge is 0.224 e. The van der Waals surface area contributed by atoms with E-state index in [1.807, 2.05) is 24.3 Å². The van der Waals surface area contributed by atoms with Gasteiger partial charge in [-0.05, 0) is 47.6 Å². The van der Waals surface area contributed by atoms with E-state index in [4.69, 9.17) is 5.73 Å². The highest BCUT2D eigenvalue weighted by Crippen LogP contribution is 2.10. The molecule has 0 aliphatic heterocycles. The number of hydrogen-bond acceptors (Lipinski definition) is 2. The number of rotatable bonds is 7. The summed E-state index contributed by atoms with van der Waals surface area (Å²) in [5.41, 5.74) is 9.98. The molecule has 0 bridgehead atoms. The number of anilines is 1. The summed E-state index contributed by atoms with van der Waals surface area (Å²) in [6, 6.07) is 16.1. The highest BCUT2D eigenvalue weighted by atomic mass is 35.5. The molecule has 2 aromatic rings. The van der Waals surface area contributed by atoms with Crippen LogP contribution in [0.1, 0.15) is 30.5 Å². The molecule has 0 heterocycles. The Balaban J connectivity index is 0.00000288. The molecule has 0 radical (unpaired) electrons. The number of hydrogen-bond donors (Lipinski definition) is 2. The van der Waals surface area contributed by atoms with Gasteiger partial charge >= 0.3 is 0 Å². The van der Waals surface area contributed by atoms with E-state index >= 15 is 0 Å². The molecule has 24 heavy (non-hydrogen) atoms. The van der Waals surface area contributed by atoms with Crippen LogP contribution in [0.2, 0.25) is 0 Å². The first kappa shape index (κ1) is 20.0. The van der Waals surface area contributed by atoms with Crippen LogP contribution in [0.4, 0.5) is 5.69 Å². The molecule has 3 nitrogen and oxygen atoms in total. The molecule has 0 saturated carbocycles. The molecule has 2 aromatic carbocycles. The molecule has 1 amide bonds. The van der Waals surface area contributed by atoms with Gasteiger partial charge in [0, 0.05) is 12.2 Å². The molecule has 0 spiro atoms. The Kier molecular flexibility index (Phi) is 8.34. The van der Waals surface area contributed by atoms with Crippen molar-refractivity contribution >= 4 is 24.0 Å². The first-order valence-corrected chi connectivity index (χ1v) is 8.22. The van der Waals surface area contributed by atoms with Gasteiger partial charge in [0.2, 0.25) is 5.91 Å². The van der Waals surface area contributed by atoms with Crippen molar-refractivity contribution in [3.05, 3.63) is 65.2 Å². The minimum atomic E-state index is 0. The maximum atomic E-state index is 12.0. The van der Waals surface area contributed by atoms with Crippen molar-refractivity contribution in [2.75, 3.05) is 12.3 Å². The predicted octanol–water partition coefficient (Wildman–Crippen LogP) is 3.79. The number of nitrogen functional groups attached to an aromatic ring is 1. The third kappa shape index (κ3) is 7.05. The third-order valence-electron chi connectivity index (χ3n) is 3.75. The minimum absolute atomic E-state index is 0. The topological polar surface area (TPSA) is 55.1 Å². The number of benzene rings is 2. The summed E-state index contributed by atoms with van der Waals surface area (Å²) in [6.45, 7) is 5.07. The maximum Gasteiger partial charge on any atom is 0.224 e. The Morgan fingerprint density at radius 1 is 0.958 bits per heavy atom. The zero-order valence-corrected chi connectivity index (χ0v) is 15.2. The summed E-state index contributed by atoms with van der Waals surface area (Å²) in [6.07, 6.45) is 2.33. The lowest BCUT2D eigenvalue weighted by molar-refractivity contribution is -0.120. The van der Waals surface area contributed by atoms with Gasteiger partial charge in [0.1, 0.15) is 0 Å². The molecule has 2 rings (SSSR count). The van der Waals surface area contributed by atoms with Crippen molar-refractivity contribution in [3.8, 4) is 0 Å².